The summed E-state index contributed by atoms with van der Waals surface area (Å²) in [6.07, 6.45) is 1.58. The topological polar surface area (TPSA) is 121 Å². The highest BCUT2D eigenvalue weighted by atomic mass is 32.7. The molecule has 0 radical (unpaired) electrons. The minimum absolute atomic E-state index is 0.143. The maximum absolute atomic E-state index is 13.5. The molecule has 172 valence electrons. The molecule has 1 unspecified atom stereocenters. The lowest BCUT2D eigenvalue weighted by Crippen LogP contribution is -2.47. The van der Waals surface area contributed by atoms with Crippen LogP contribution in [0.4, 0.5) is 0 Å². The molecular weight excluding hydrogens is 449 g/mol. The highest BCUT2D eigenvalue weighted by molar-refractivity contribution is 8.58. The summed E-state index contributed by atoms with van der Waals surface area (Å²) in [5, 5.41) is 1.80. The van der Waals surface area contributed by atoms with Crippen molar-refractivity contribution in [2.75, 3.05) is 33.0 Å². The monoisotopic (exact) mass is 477 g/mol. The average molecular weight is 478 g/mol. The highest BCUT2D eigenvalue weighted by Crippen LogP contribution is 2.70. The van der Waals surface area contributed by atoms with Crippen molar-refractivity contribution in [3.05, 3.63) is 54.4 Å². The smallest absolute Gasteiger partial charge is 0.251 e. The fraction of sp³-hybridized carbons (Fsp3) is 0.409. The van der Waals surface area contributed by atoms with E-state index in [2.05, 4.69) is 10.3 Å². The van der Waals surface area contributed by atoms with Crippen LogP contribution >= 0.6 is 17.7 Å². The van der Waals surface area contributed by atoms with E-state index in [1.807, 2.05) is 12.1 Å². The zero-order valence-electron chi connectivity index (χ0n) is 18.0. The zero-order chi connectivity index (χ0) is 23.0. The lowest BCUT2D eigenvalue weighted by Gasteiger charge is -2.38. The average Bonchev–Trinajstić information content (AvgIpc) is 2.80. The van der Waals surface area contributed by atoms with Gasteiger partial charge in [-0.3, -0.25) is 14.6 Å². The van der Waals surface area contributed by atoms with E-state index in [4.69, 9.17) is 15.2 Å². The third kappa shape index (κ3) is 5.91. The van der Waals surface area contributed by atoms with Crippen molar-refractivity contribution >= 4 is 29.5 Å². The Morgan fingerprint density at radius 2 is 1.84 bits per heavy atom. The van der Waals surface area contributed by atoms with Gasteiger partial charge in [0, 0.05) is 42.6 Å². The molecule has 0 bridgehead atoms. The third-order valence-corrected chi connectivity index (χ3v) is 11.3. The number of hydrogen-bond donors (Lipinski definition) is 2. The van der Waals surface area contributed by atoms with Crippen molar-refractivity contribution in [3.63, 3.8) is 0 Å². The molecule has 1 aliphatic heterocycles. The molecule has 3 rings (SSSR count). The Morgan fingerprint density at radius 3 is 2.47 bits per heavy atom. The number of aromatic nitrogens is 1. The quantitative estimate of drug-likeness (QED) is 0.398. The summed E-state index contributed by atoms with van der Waals surface area (Å²) in [5.74, 6) is 0.0163. The number of primary amides is 1. The number of rotatable bonds is 10. The maximum atomic E-state index is 13.5. The van der Waals surface area contributed by atoms with Crippen LogP contribution < -0.4 is 15.8 Å². The number of pyridine rings is 1. The molecule has 1 fully saturated rings. The standard InChI is InChI=1S/C22H28N3O5PS/c1-31(28,22(21(23)27)9-15-29-16-10-22)32-19-5-3-18(4-6-19)30-14-2-11-25-20(26)17-7-12-24-13-8-17/h3-8,12-13H,2,9-11,14-16H2,1H3,(H2,23,27)(H,25,26). The zero-order valence-corrected chi connectivity index (χ0v) is 19.7. The van der Waals surface area contributed by atoms with Gasteiger partial charge in [0.1, 0.15) is 10.9 Å². The number of carbonyl (C=O) groups is 2. The molecule has 3 N–H and O–H groups in total. The molecule has 10 heteroatoms. The molecular formula is C22H28N3O5PS. The van der Waals surface area contributed by atoms with Gasteiger partial charge in [0.25, 0.3) is 5.91 Å². The van der Waals surface area contributed by atoms with Crippen molar-refractivity contribution in [1.29, 1.82) is 0 Å². The van der Waals surface area contributed by atoms with Gasteiger partial charge in [0.2, 0.25) is 5.91 Å². The van der Waals surface area contributed by atoms with Gasteiger partial charge < -0.3 is 25.1 Å². The number of benzene rings is 1. The molecule has 0 spiro atoms. The molecule has 2 aromatic rings. The minimum Gasteiger partial charge on any atom is -0.494 e. The van der Waals surface area contributed by atoms with Crippen LogP contribution in [0.1, 0.15) is 29.6 Å². The van der Waals surface area contributed by atoms with Gasteiger partial charge in [-0.05, 0) is 62.3 Å². The predicted molar refractivity (Wildman–Crippen MR) is 124 cm³/mol. The van der Waals surface area contributed by atoms with Crippen molar-refractivity contribution in [3.8, 4) is 5.75 Å². The molecule has 0 saturated carbocycles. The number of nitrogens with two attached hydrogens (primary N) is 1. The Balaban J connectivity index is 1.47. The van der Waals surface area contributed by atoms with E-state index >= 15 is 0 Å². The third-order valence-electron chi connectivity index (χ3n) is 5.48. The summed E-state index contributed by atoms with van der Waals surface area (Å²) in [6, 6.07) is 10.6. The van der Waals surface area contributed by atoms with Crippen molar-refractivity contribution in [2.24, 2.45) is 5.73 Å². The largest absolute Gasteiger partial charge is 0.494 e. The molecule has 1 aromatic carbocycles. The Bertz CT molecular complexity index is 965. The van der Waals surface area contributed by atoms with Crippen molar-refractivity contribution < 1.29 is 23.6 Å². The first-order chi connectivity index (χ1) is 15.3. The van der Waals surface area contributed by atoms with Crippen LogP contribution in [-0.2, 0) is 14.1 Å². The number of ether oxygens (including phenoxy) is 2. The fourth-order valence-corrected chi connectivity index (χ4v) is 8.66. The van der Waals surface area contributed by atoms with E-state index in [0.29, 0.717) is 56.9 Å². The number of amides is 2. The maximum Gasteiger partial charge on any atom is 0.251 e. The predicted octanol–water partition coefficient (Wildman–Crippen LogP) is 3.32. The fourth-order valence-electron chi connectivity index (χ4n) is 3.52. The molecule has 1 aromatic heterocycles. The van der Waals surface area contributed by atoms with Crippen LogP contribution in [-0.4, -0.2) is 55.0 Å². The molecule has 1 atom stereocenters. The van der Waals surface area contributed by atoms with Crippen LogP contribution in [0.15, 0.2) is 53.7 Å². The van der Waals surface area contributed by atoms with Gasteiger partial charge >= 0.3 is 0 Å². The summed E-state index contributed by atoms with van der Waals surface area (Å²) in [4.78, 5) is 28.8. The van der Waals surface area contributed by atoms with E-state index in [0.717, 1.165) is 4.90 Å². The molecule has 0 aliphatic carbocycles. The second-order valence-electron chi connectivity index (χ2n) is 7.61. The number of hydrogen-bond acceptors (Lipinski definition) is 7. The normalized spacial score (nSPS) is 17.2. The molecule has 1 saturated heterocycles. The SMILES string of the molecule is CP(=O)(Sc1ccc(OCCCNC(=O)c2ccncc2)cc1)C1(C(N)=O)CCOCC1. The summed E-state index contributed by atoms with van der Waals surface area (Å²) < 4.78 is 24.6. The summed E-state index contributed by atoms with van der Waals surface area (Å²) in [5.41, 5.74) is 6.24. The minimum atomic E-state index is -2.98. The van der Waals surface area contributed by atoms with E-state index in [-0.39, 0.29) is 5.91 Å². The number of carbonyl (C=O) groups excluding carboxylic acids is 2. The highest BCUT2D eigenvalue weighted by Gasteiger charge is 2.51. The summed E-state index contributed by atoms with van der Waals surface area (Å²) in [6.45, 7) is 3.35. The second kappa shape index (κ2) is 11.0. The van der Waals surface area contributed by atoms with E-state index in [1.54, 1.807) is 43.3 Å². The van der Waals surface area contributed by atoms with Crippen LogP contribution in [0.3, 0.4) is 0 Å². The number of nitrogens with zero attached hydrogens (tertiary/aromatic N) is 1. The van der Waals surface area contributed by atoms with Crippen LogP contribution in [0, 0.1) is 0 Å². The first kappa shape index (κ1) is 24.3. The summed E-state index contributed by atoms with van der Waals surface area (Å²) >= 11 is 1.21. The second-order valence-corrected chi connectivity index (χ2v) is 13.5. The van der Waals surface area contributed by atoms with Gasteiger partial charge in [0.05, 0.1) is 6.61 Å². The van der Waals surface area contributed by atoms with Crippen LogP contribution in [0.5, 0.6) is 5.75 Å². The molecule has 1 aliphatic rings. The Hall–Kier alpha value is -2.35. The van der Waals surface area contributed by atoms with Gasteiger partial charge in [-0.25, -0.2) is 0 Å². The van der Waals surface area contributed by atoms with Crippen LogP contribution in [0.25, 0.3) is 0 Å². The molecule has 2 amide bonds. The number of nitrogens with one attached hydrogen (secondary N) is 1. The molecule has 8 nitrogen and oxygen atoms in total. The lowest BCUT2D eigenvalue weighted by molar-refractivity contribution is -0.122. The Kier molecular flexibility index (Phi) is 8.34. The Morgan fingerprint density at radius 1 is 1.19 bits per heavy atom. The molecule has 2 heterocycles. The van der Waals surface area contributed by atoms with Crippen LogP contribution in [0.2, 0.25) is 0 Å². The van der Waals surface area contributed by atoms with E-state index < -0.39 is 17.4 Å². The van der Waals surface area contributed by atoms with Gasteiger partial charge in [-0.15, -0.1) is 0 Å². The lowest BCUT2D eigenvalue weighted by atomic mass is 9.98. The first-order valence-electron chi connectivity index (χ1n) is 10.4. The van der Waals surface area contributed by atoms with E-state index in [9.17, 15) is 14.2 Å². The van der Waals surface area contributed by atoms with Crippen molar-refractivity contribution in [1.82, 2.24) is 10.3 Å². The summed E-state index contributed by atoms with van der Waals surface area (Å²) in [7, 11) is 0. The van der Waals surface area contributed by atoms with Gasteiger partial charge in [0.15, 0.2) is 6.34 Å². The van der Waals surface area contributed by atoms with Gasteiger partial charge in [-0.1, -0.05) is 11.4 Å². The Labute approximate surface area is 191 Å². The molecule has 32 heavy (non-hydrogen) atoms. The van der Waals surface area contributed by atoms with Crippen molar-refractivity contribution in [2.45, 2.75) is 29.3 Å². The van der Waals surface area contributed by atoms with E-state index in [1.165, 1.54) is 11.4 Å². The first-order valence-corrected chi connectivity index (χ1v) is 14.0. The van der Waals surface area contributed by atoms with Gasteiger partial charge in [-0.2, -0.15) is 0 Å².